The molecule has 0 aliphatic carbocycles. The lowest BCUT2D eigenvalue weighted by Gasteiger charge is -2.14. The summed E-state index contributed by atoms with van der Waals surface area (Å²) in [5.41, 5.74) is -2.91. The van der Waals surface area contributed by atoms with E-state index in [4.69, 9.17) is 9.84 Å². The van der Waals surface area contributed by atoms with Crippen LogP contribution < -0.4 is 10.1 Å². The van der Waals surface area contributed by atoms with E-state index in [2.05, 4.69) is 0 Å². The number of carboxylic acids is 1. The summed E-state index contributed by atoms with van der Waals surface area (Å²) < 4.78 is 63.1. The minimum atomic E-state index is -1.81. The average molecular weight is 427 g/mol. The number of halogens is 4. The number of rotatable bonds is 5. The maximum absolute atomic E-state index is 14.6. The third-order valence-corrected chi connectivity index (χ3v) is 5.24. The Bertz CT molecular complexity index is 1030. The van der Waals surface area contributed by atoms with Gasteiger partial charge in [-0.1, -0.05) is 12.1 Å². The van der Waals surface area contributed by atoms with Crippen molar-refractivity contribution < 1.29 is 37.0 Å². The number of amides is 1. The number of carboxylic acid groups (broad SMARTS) is 1. The normalized spacial score (nSPS) is 13.6. The summed E-state index contributed by atoms with van der Waals surface area (Å²) in [6, 6.07) is 5.30. The zero-order chi connectivity index (χ0) is 21.3. The molecule has 0 saturated carbocycles. The first-order valence-corrected chi connectivity index (χ1v) is 9.26. The van der Waals surface area contributed by atoms with Crippen molar-refractivity contribution in [2.24, 2.45) is 0 Å². The zero-order valence-electron chi connectivity index (χ0n) is 14.8. The Morgan fingerprint density at radius 3 is 2.24 bits per heavy atom. The lowest BCUT2D eigenvalue weighted by Crippen LogP contribution is -2.21. The molecule has 0 fully saturated rings. The molecule has 0 atom stereocenters. The van der Waals surface area contributed by atoms with Crippen LogP contribution >= 0.6 is 11.8 Å². The average Bonchev–Trinajstić information content (AvgIpc) is 3.20. The van der Waals surface area contributed by atoms with E-state index < -0.39 is 46.4 Å². The van der Waals surface area contributed by atoms with Gasteiger partial charge < -0.3 is 15.2 Å². The Labute approximate surface area is 166 Å². The fourth-order valence-electron chi connectivity index (χ4n) is 2.79. The molecule has 1 aliphatic heterocycles. The van der Waals surface area contributed by atoms with Gasteiger partial charge in [0.1, 0.15) is 11.4 Å². The number of benzene rings is 2. The van der Waals surface area contributed by atoms with E-state index in [1.54, 1.807) is 5.32 Å². The number of nitrogens with one attached hydrogen (secondary N) is 1. The molecule has 0 radical (unpaired) electrons. The molecule has 0 bridgehead atoms. The lowest BCUT2D eigenvalue weighted by molar-refractivity contribution is -0.132. The summed E-state index contributed by atoms with van der Waals surface area (Å²) in [5.74, 6) is -9.29. The standard InChI is InChI=1S/C19H13F4NO4S/c1-28-9-4-2-3-8(5-9)12-13(20)15(22)17(16(23)14(12)21)24-18(25)10-6-29-7-11(10)19(26)27/h2-5H,6-7H2,1H3,(H,24,25)(H,26,27). The summed E-state index contributed by atoms with van der Waals surface area (Å²) in [6.45, 7) is 0. The second-order valence-corrected chi connectivity index (χ2v) is 6.93. The van der Waals surface area contributed by atoms with Crippen LogP contribution in [0.4, 0.5) is 23.2 Å². The molecule has 1 aliphatic rings. The van der Waals surface area contributed by atoms with Crippen molar-refractivity contribution >= 4 is 29.3 Å². The minimum absolute atomic E-state index is 0.0104. The highest BCUT2D eigenvalue weighted by Crippen LogP contribution is 2.36. The topological polar surface area (TPSA) is 75.6 Å². The molecule has 2 aromatic rings. The summed E-state index contributed by atoms with van der Waals surface area (Å²) in [5, 5.41) is 10.8. The Morgan fingerprint density at radius 2 is 1.66 bits per heavy atom. The van der Waals surface area contributed by atoms with E-state index in [-0.39, 0.29) is 34.0 Å². The van der Waals surface area contributed by atoms with Gasteiger partial charge in [0.25, 0.3) is 5.91 Å². The Balaban J connectivity index is 2.05. The van der Waals surface area contributed by atoms with Crippen LogP contribution in [0.5, 0.6) is 5.75 Å². The van der Waals surface area contributed by atoms with Crippen LogP contribution in [-0.4, -0.2) is 35.6 Å². The first kappa shape index (κ1) is 20.7. The number of carbonyl (C=O) groups is 2. The van der Waals surface area contributed by atoms with Crippen molar-refractivity contribution in [1.82, 2.24) is 0 Å². The van der Waals surface area contributed by atoms with Gasteiger partial charge in [-0.2, -0.15) is 11.8 Å². The number of hydrogen-bond donors (Lipinski definition) is 2. The quantitative estimate of drug-likeness (QED) is 0.558. The number of carbonyl (C=O) groups excluding carboxylic acids is 1. The van der Waals surface area contributed by atoms with E-state index in [1.165, 1.54) is 31.4 Å². The predicted octanol–water partition coefficient (Wildman–Crippen LogP) is 3.99. The van der Waals surface area contributed by atoms with E-state index in [0.717, 1.165) is 11.8 Å². The maximum Gasteiger partial charge on any atom is 0.332 e. The van der Waals surface area contributed by atoms with E-state index in [1.807, 2.05) is 0 Å². The monoisotopic (exact) mass is 427 g/mol. The maximum atomic E-state index is 14.6. The van der Waals surface area contributed by atoms with Crippen molar-refractivity contribution in [2.75, 3.05) is 23.9 Å². The number of ether oxygens (including phenoxy) is 1. The molecule has 2 aromatic carbocycles. The molecule has 1 heterocycles. The Kier molecular flexibility index (Phi) is 5.83. The van der Waals surface area contributed by atoms with Crippen molar-refractivity contribution in [2.45, 2.75) is 0 Å². The van der Waals surface area contributed by atoms with Gasteiger partial charge in [-0.25, -0.2) is 22.4 Å². The first-order valence-electron chi connectivity index (χ1n) is 8.11. The Morgan fingerprint density at radius 1 is 1.03 bits per heavy atom. The predicted molar refractivity (Wildman–Crippen MR) is 98.9 cm³/mol. The van der Waals surface area contributed by atoms with E-state index in [9.17, 15) is 27.2 Å². The molecular weight excluding hydrogens is 414 g/mol. The highest BCUT2D eigenvalue weighted by atomic mass is 32.2. The van der Waals surface area contributed by atoms with Gasteiger partial charge in [0.15, 0.2) is 23.3 Å². The van der Waals surface area contributed by atoms with Crippen LogP contribution in [0, 0.1) is 23.3 Å². The largest absolute Gasteiger partial charge is 0.497 e. The van der Waals surface area contributed by atoms with E-state index in [0.29, 0.717) is 0 Å². The fraction of sp³-hybridized carbons (Fsp3) is 0.158. The molecule has 2 N–H and O–H groups in total. The number of anilines is 1. The van der Waals surface area contributed by atoms with Crippen LogP contribution in [0.15, 0.2) is 35.4 Å². The molecule has 0 unspecified atom stereocenters. The van der Waals surface area contributed by atoms with Crippen molar-refractivity contribution in [3.05, 3.63) is 58.7 Å². The molecule has 0 aromatic heterocycles. The van der Waals surface area contributed by atoms with Gasteiger partial charge >= 0.3 is 5.97 Å². The third kappa shape index (κ3) is 3.80. The van der Waals surface area contributed by atoms with Crippen molar-refractivity contribution in [1.29, 1.82) is 0 Å². The molecule has 5 nitrogen and oxygen atoms in total. The Hall–Kier alpha value is -3.01. The first-order chi connectivity index (χ1) is 13.8. The molecular formula is C19H13F4NO4S. The molecule has 1 amide bonds. The van der Waals surface area contributed by atoms with Gasteiger partial charge in [0.05, 0.1) is 18.2 Å². The van der Waals surface area contributed by atoms with E-state index >= 15 is 0 Å². The van der Waals surface area contributed by atoms with Gasteiger partial charge in [-0.05, 0) is 17.7 Å². The molecule has 10 heteroatoms. The summed E-state index contributed by atoms with van der Waals surface area (Å²) in [7, 11) is 1.31. The highest BCUT2D eigenvalue weighted by Gasteiger charge is 2.31. The summed E-state index contributed by atoms with van der Waals surface area (Å²) in [4.78, 5) is 23.4. The highest BCUT2D eigenvalue weighted by molar-refractivity contribution is 8.00. The third-order valence-electron chi connectivity index (χ3n) is 4.25. The summed E-state index contributed by atoms with van der Waals surface area (Å²) in [6.07, 6.45) is 0. The van der Waals surface area contributed by atoms with Crippen molar-refractivity contribution in [3.8, 4) is 16.9 Å². The smallest absolute Gasteiger partial charge is 0.332 e. The number of methoxy groups -OCH3 is 1. The van der Waals surface area contributed by atoms with Gasteiger partial charge in [-0.15, -0.1) is 0 Å². The summed E-state index contributed by atoms with van der Waals surface area (Å²) >= 11 is 1.11. The van der Waals surface area contributed by atoms with Gasteiger partial charge in [0.2, 0.25) is 0 Å². The molecule has 0 spiro atoms. The van der Waals surface area contributed by atoms with Crippen molar-refractivity contribution in [3.63, 3.8) is 0 Å². The van der Waals surface area contributed by atoms with Gasteiger partial charge in [-0.3, -0.25) is 4.79 Å². The van der Waals surface area contributed by atoms with Crippen LogP contribution in [-0.2, 0) is 9.59 Å². The molecule has 3 rings (SSSR count). The van der Waals surface area contributed by atoms with Crippen LogP contribution in [0.1, 0.15) is 0 Å². The lowest BCUT2D eigenvalue weighted by atomic mass is 10.0. The SMILES string of the molecule is COc1cccc(-c2c(F)c(F)c(NC(=O)C3=C(C(=O)O)CSC3)c(F)c2F)c1. The number of hydrogen-bond acceptors (Lipinski definition) is 4. The second-order valence-electron chi connectivity index (χ2n) is 5.95. The van der Waals surface area contributed by atoms with Gasteiger partial charge in [0, 0.05) is 17.1 Å². The zero-order valence-corrected chi connectivity index (χ0v) is 15.6. The van der Waals surface area contributed by atoms with Crippen LogP contribution in [0.25, 0.3) is 11.1 Å². The molecule has 152 valence electrons. The minimum Gasteiger partial charge on any atom is -0.497 e. The molecule has 0 saturated heterocycles. The van der Waals surface area contributed by atoms with Crippen LogP contribution in [0.2, 0.25) is 0 Å². The number of aliphatic carboxylic acids is 1. The second kappa shape index (κ2) is 8.16. The number of thioether (sulfide) groups is 1. The molecule has 29 heavy (non-hydrogen) atoms. The van der Waals surface area contributed by atoms with Crippen LogP contribution in [0.3, 0.4) is 0 Å². The fourth-order valence-corrected chi connectivity index (χ4v) is 3.90.